The monoisotopic (exact) mass is 246 g/mol. The molecule has 0 radical (unpaired) electrons. The molecule has 0 spiro atoms. The number of hydrogen-bond acceptors (Lipinski definition) is 5. The van der Waals surface area contributed by atoms with Gasteiger partial charge in [-0.05, 0) is 12.2 Å². The third-order valence-electron chi connectivity index (χ3n) is 1.53. The zero-order valence-electron chi connectivity index (χ0n) is 8.52. The highest BCUT2D eigenvalue weighted by molar-refractivity contribution is 7.98. The minimum atomic E-state index is -0.0937. The molecular formula is C9H14N2O2S2. The van der Waals surface area contributed by atoms with E-state index in [9.17, 15) is 4.79 Å². The summed E-state index contributed by atoms with van der Waals surface area (Å²) in [6.07, 6.45) is 0.813. The van der Waals surface area contributed by atoms with Gasteiger partial charge in [-0.3, -0.25) is 4.79 Å². The van der Waals surface area contributed by atoms with Gasteiger partial charge in [-0.2, -0.15) is 11.8 Å². The first kappa shape index (κ1) is 12.5. The van der Waals surface area contributed by atoms with Gasteiger partial charge in [0, 0.05) is 24.7 Å². The molecule has 1 amide bonds. The number of thioether (sulfide) groups is 1. The lowest BCUT2D eigenvalue weighted by Crippen LogP contribution is -2.05. The summed E-state index contributed by atoms with van der Waals surface area (Å²) in [7, 11) is 0. The van der Waals surface area contributed by atoms with E-state index in [-0.39, 0.29) is 12.5 Å². The Hall–Kier alpha value is -0.590. The molecule has 2 N–H and O–H groups in total. The number of thiazole rings is 1. The van der Waals surface area contributed by atoms with Crippen LogP contribution in [0.25, 0.3) is 0 Å². The smallest absolute Gasteiger partial charge is 0.223 e. The first-order valence-corrected chi connectivity index (χ1v) is 6.66. The van der Waals surface area contributed by atoms with Crippen molar-refractivity contribution in [2.75, 3.05) is 17.7 Å². The molecule has 1 aromatic heterocycles. The zero-order chi connectivity index (χ0) is 11.1. The average Bonchev–Trinajstić information content (AvgIpc) is 2.59. The maximum atomic E-state index is 10.7. The molecule has 0 aromatic carbocycles. The molecule has 0 aliphatic heterocycles. The van der Waals surface area contributed by atoms with E-state index in [1.165, 1.54) is 18.3 Å². The Morgan fingerprint density at radius 1 is 1.73 bits per heavy atom. The highest BCUT2D eigenvalue weighted by atomic mass is 32.2. The normalized spacial score (nSPS) is 10.3. The second-order valence-corrected chi connectivity index (χ2v) is 4.92. The number of nitrogens with zero attached hydrogens (tertiary/aromatic N) is 1. The van der Waals surface area contributed by atoms with Crippen LogP contribution in [-0.4, -0.2) is 28.4 Å². The summed E-state index contributed by atoms with van der Waals surface area (Å²) in [5.41, 5.74) is 0.978. The van der Waals surface area contributed by atoms with Gasteiger partial charge in [0.05, 0.1) is 5.69 Å². The molecule has 0 aliphatic rings. The van der Waals surface area contributed by atoms with E-state index in [0.29, 0.717) is 5.13 Å². The van der Waals surface area contributed by atoms with Crippen molar-refractivity contribution in [3.63, 3.8) is 0 Å². The number of aromatic nitrogens is 1. The zero-order valence-corrected chi connectivity index (χ0v) is 10.2. The standard InChI is InChI=1S/C9H14N2O2S2/c1-7(13)10-9-11-8(6-15-9)5-14-4-2-3-12/h6,12H,2-5H2,1H3,(H,10,11,13). The van der Waals surface area contributed by atoms with Crippen LogP contribution in [0.4, 0.5) is 5.13 Å². The maximum Gasteiger partial charge on any atom is 0.223 e. The van der Waals surface area contributed by atoms with Crippen molar-refractivity contribution in [2.24, 2.45) is 0 Å². The van der Waals surface area contributed by atoms with E-state index in [4.69, 9.17) is 5.11 Å². The molecule has 0 atom stereocenters. The Kier molecular flexibility index (Phi) is 5.67. The molecule has 0 unspecified atom stereocenters. The number of anilines is 1. The number of amides is 1. The molecule has 1 rings (SSSR count). The summed E-state index contributed by atoms with van der Waals surface area (Å²) in [4.78, 5) is 15.0. The molecule has 84 valence electrons. The lowest BCUT2D eigenvalue weighted by atomic mass is 10.5. The molecule has 4 nitrogen and oxygen atoms in total. The SMILES string of the molecule is CC(=O)Nc1nc(CSCCCO)cs1. The Morgan fingerprint density at radius 2 is 2.53 bits per heavy atom. The Morgan fingerprint density at radius 3 is 3.20 bits per heavy atom. The summed E-state index contributed by atoms with van der Waals surface area (Å²) >= 11 is 3.17. The van der Waals surface area contributed by atoms with E-state index in [1.807, 2.05) is 5.38 Å². The van der Waals surface area contributed by atoms with Gasteiger partial charge in [0.1, 0.15) is 0 Å². The fraction of sp³-hybridized carbons (Fsp3) is 0.556. The second kappa shape index (κ2) is 6.81. The number of aliphatic hydroxyl groups is 1. The largest absolute Gasteiger partial charge is 0.396 e. The number of nitrogens with one attached hydrogen (secondary N) is 1. The van der Waals surface area contributed by atoms with Gasteiger partial charge in [0.25, 0.3) is 0 Å². The minimum absolute atomic E-state index is 0.0937. The van der Waals surface area contributed by atoms with Gasteiger partial charge < -0.3 is 10.4 Å². The number of rotatable bonds is 6. The first-order chi connectivity index (χ1) is 7.22. The van der Waals surface area contributed by atoms with Crippen LogP contribution < -0.4 is 5.32 Å². The van der Waals surface area contributed by atoms with E-state index in [0.717, 1.165) is 23.6 Å². The molecule has 0 saturated heterocycles. The third kappa shape index (κ3) is 5.15. The van der Waals surface area contributed by atoms with E-state index >= 15 is 0 Å². The molecule has 0 bridgehead atoms. The third-order valence-corrected chi connectivity index (χ3v) is 3.42. The van der Waals surface area contributed by atoms with Crippen LogP contribution >= 0.6 is 23.1 Å². The fourth-order valence-electron chi connectivity index (χ4n) is 0.925. The van der Waals surface area contributed by atoms with Crippen LogP contribution in [0.5, 0.6) is 0 Å². The number of hydrogen-bond donors (Lipinski definition) is 2. The molecule has 0 aliphatic carbocycles. The van der Waals surface area contributed by atoms with Crippen LogP contribution in [0.3, 0.4) is 0 Å². The van der Waals surface area contributed by atoms with Crippen molar-refractivity contribution < 1.29 is 9.90 Å². The lowest BCUT2D eigenvalue weighted by molar-refractivity contribution is -0.114. The number of aliphatic hydroxyl groups excluding tert-OH is 1. The molecule has 1 aromatic rings. The maximum absolute atomic E-state index is 10.7. The molecule has 0 fully saturated rings. The molecular weight excluding hydrogens is 232 g/mol. The molecule has 15 heavy (non-hydrogen) atoms. The molecule has 6 heteroatoms. The van der Waals surface area contributed by atoms with Crippen molar-refractivity contribution in [3.8, 4) is 0 Å². The van der Waals surface area contributed by atoms with Gasteiger partial charge in [-0.25, -0.2) is 4.98 Å². The van der Waals surface area contributed by atoms with Crippen molar-refractivity contribution >= 4 is 34.1 Å². The predicted octanol–water partition coefficient (Wildman–Crippen LogP) is 1.72. The quantitative estimate of drug-likeness (QED) is 0.750. The summed E-state index contributed by atoms with van der Waals surface area (Å²) in [6.45, 7) is 1.71. The highest BCUT2D eigenvalue weighted by Crippen LogP contribution is 2.19. The number of carbonyl (C=O) groups excluding carboxylic acids is 1. The van der Waals surface area contributed by atoms with Crippen LogP contribution in [0.15, 0.2) is 5.38 Å². The van der Waals surface area contributed by atoms with Crippen LogP contribution in [0.1, 0.15) is 19.0 Å². The topological polar surface area (TPSA) is 62.2 Å². The minimum Gasteiger partial charge on any atom is -0.396 e. The molecule has 0 saturated carbocycles. The van der Waals surface area contributed by atoms with Gasteiger partial charge in [0.2, 0.25) is 5.91 Å². The van der Waals surface area contributed by atoms with E-state index < -0.39 is 0 Å². The molecule has 1 heterocycles. The Bertz CT molecular complexity index is 315. The van der Waals surface area contributed by atoms with Gasteiger partial charge in [-0.1, -0.05) is 0 Å². The lowest BCUT2D eigenvalue weighted by Gasteiger charge is -1.96. The predicted molar refractivity (Wildman–Crippen MR) is 64.3 cm³/mol. The van der Waals surface area contributed by atoms with Gasteiger partial charge in [0.15, 0.2) is 5.13 Å². The Balaban J connectivity index is 2.29. The first-order valence-electron chi connectivity index (χ1n) is 4.63. The van der Waals surface area contributed by atoms with Crippen molar-refractivity contribution in [3.05, 3.63) is 11.1 Å². The Labute approximate surface area is 97.1 Å². The van der Waals surface area contributed by atoms with E-state index in [2.05, 4.69) is 10.3 Å². The van der Waals surface area contributed by atoms with Crippen LogP contribution in [0.2, 0.25) is 0 Å². The van der Waals surface area contributed by atoms with Gasteiger partial charge >= 0.3 is 0 Å². The summed E-state index contributed by atoms with van der Waals surface area (Å²) in [5, 5.41) is 13.8. The van der Waals surface area contributed by atoms with Crippen molar-refractivity contribution in [1.82, 2.24) is 4.98 Å². The number of carbonyl (C=O) groups is 1. The van der Waals surface area contributed by atoms with Crippen molar-refractivity contribution in [1.29, 1.82) is 0 Å². The van der Waals surface area contributed by atoms with Gasteiger partial charge in [-0.15, -0.1) is 11.3 Å². The average molecular weight is 246 g/mol. The van der Waals surface area contributed by atoms with Crippen LogP contribution in [0, 0.1) is 0 Å². The summed E-state index contributed by atoms with van der Waals surface area (Å²) < 4.78 is 0. The second-order valence-electron chi connectivity index (χ2n) is 2.95. The summed E-state index contributed by atoms with van der Waals surface area (Å²) in [5.74, 6) is 1.67. The van der Waals surface area contributed by atoms with Crippen molar-refractivity contribution in [2.45, 2.75) is 19.1 Å². The summed E-state index contributed by atoms with van der Waals surface area (Å²) in [6, 6.07) is 0. The van der Waals surface area contributed by atoms with Crippen LogP contribution in [-0.2, 0) is 10.5 Å². The highest BCUT2D eigenvalue weighted by Gasteiger charge is 2.02. The van der Waals surface area contributed by atoms with E-state index in [1.54, 1.807) is 11.8 Å². The fourth-order valence-corrected chi connectivity index (χ4v) is 2.62.